The molecule has 1 aliphatic rings. The number of rotatable bonds is 3. The van der Waals surface area contributed by atoms with E-state index in [-0.39, 0.29) is 5.25 Å². The summed E-state index contributed by atoms with van der Waals surface area (Å²) in [7, 11) is 0. The van der Waals surface area contributed by atoms with Crippen LogP contribution in [0.1, 0.15) is 30.5 Å². The monoisotopic (exact) mass is 339 g/mol. The van der Waals surface area contributed by atoms with Crippen LogP contribution in [-0.4, -0.2) is 22.0 Å². The molecule has 118 valence electrons. The summed E-state index contributed by atoms with van der Waals surface area (Å²) < 4.78 is 51.7. The Morgan fingerprint density at radius 2 is 1.95 bits per heavy atom. The van der Waals surface area contributed by atoms with Gasteiger partial charge in [-0.25, -0.2) is 4.39 Å². The van der Waals surface area contributed by atoms with Gasteiger partial charge in [0.1, 0.15) is 5.82 Å². The molecule has 1 nitrogen and oxygen atoms in total. The molecule has 3 unspecified atom stereocenters. The van der Waals surface area contributed by atoms with Crippen LogP contribution in [0.2, 0.25) is 0 Å². The molecule has 3 atom stereocenters. The number of alkyl halides is 3. The van der Waals surface area contributed by atoms with Crippen molar-refractivity contribution >= 4 is 23.5 Å². The summed E-state index contributed by atoms with van der Waals surface area (Å²) in [5.41, 5.74) is 5.28. The minimum atomic E-state index is -4.70. The fourth-order valence-electron chi connectivity index (χ4n) is 2.43. The van der Waals surface area contributed by atoms with Crippen molar-refractivity contribution in [1.82, 2.24) is 0 Å². The number of hydrogen-bond donors (Lipinski definition) is 1. The molecule has 2 rings (SSSR count). The lowest BCUT2D eigenvalue weighted by Gasteiger charge is -2.34. The molecule has 1 aromatic rings. The van der Waals surface area contributed by atoms with Gasteiger partial charge in [-0.3, -0.25) is 0 Å². The summed E-state index contributed by atoms with van der Waals surface area (Å²) in [4.78, 5) is 0. The normalized spacial score (nSPS) is 24.9. The first kappa shape index (κ1) is 17.0. The maximum Gasteiger partial charge on any atom is 0.419 e. The molecule has 1 heterocycles. The second-order valence-corrected chi connectivity index (χ2v) is 7.55. The molecular formula is C14H17F4NS2. The van der Waals surface area contributed by atoms with Crippen molar-refractivity contribution in [1.29, 1.82) is 0 Å². The number of benzene rings is 1. The highest BCUT2D eigenvalue weighted by atomic mass is 32.2. The molecule has 1 fully saturated rings. The van der Waals surface area contributed by atoms with Crippen molar-refractivity contribution in [3.05, 3.63) is 35.1 Å². The number of hydrogen-bond acceptors (Lipinski definition) is 3. The van der Waals surface area contributed by atoms with Gasteiger partial charge in [0.2, 0.25) is 0 Å². The molecule has 0 amide bonds. The summed E-state index contributed by atoms with van der Waals surface area (Å²) >= 11 is 3.51. The van der Waals surface area contributed by atoms with Crippen molar-refractivity contribution < 1.29 is 17.6 Å². The van der Waals surface area contributed by atoms with Gasteiger partial charge < -0.3 is 5.73 Å². The van der Waals surface area contributed by atoms with E-state index in [4.69, 9.17) is 5.73 Å². The third-order valence-corrected chi connectivity index (χ3v) is 6.90. The van der Waals surface area contributed by atoms with Crippen LogP contribution >= 0.6 is 23.5 Å². The molecule has 0 bridgehead atoms. The van der Waals surface area contributed by atoms with Gasteiger partial charge in [0, 0.05) is 28.0 Å². The van der Waals surface area contributed by atoms with Gasteiger partial charge in [0.15, 0.2) is 0 Å². The lowest BCUT2D eigenvalue weighted by atomic mass is 9.98. The fourth-order valence-corrected chi connectivity index (χ4v) is 5.61. The highest BCUT2D eigenvalue weighted by Gasteiger charge is 2.36. The van der Waals surface area contributed by atoms with Crippen LogP contribution in [-0.2, 0) is 6.18 Å². The van der Waals surface area contributed by atoms with Crippen molar-refractivity contribution in [2.75, 3.05) is 11.5 Å². The van der Waals surface area contributed by atoms with Gasteiger partial charge >= 0.3 is 6.18 Å². The van der Waals surface area contributed by atoms with E-state index < -0.39 is 23.6 Å². The zero-order chi connectivity index (χ0) is 15.6. The smallest absolute Gasteiger partial charge is 0.323 e. The third-order valence-electron chi connectivity index (χ3n) is 3.53. The molecule has 0 spiro atoms. The predicted molar refractivity (Wildman–Crippen MR) is 81.1 cm³/mol. The highest BCUT2D eigenvalue weighted by molar-refractivity contribution is 8.07. The van der Waals surface area contributed by atoms with E-state index in [1.165, 1.54) is 6.07 Å². The van der Waals surface area contributed by atoms with E-state index in [0.717, 1.165) is 30.1 Å². The van der Waals surface area contributed by atoms with Crippen LogP contribution in [0, 0.1) is 5.82 Å². The lowest BCUT2D eigenvalue weighted by molar-refractivity contribution is -0.140. The van der Waals surface area contributed by atoms with Crippen molar-refractivity contribution in [3.8, 4) is 0 Å². The summed E-state index contributed by atoms with van der Waals surface area (Å²) in [6, 6.07) is 2.56. The highest BCUT2D eigenvalue weighted by Crippen LogP contribution is 2.40. The zero-order valence-corrected chi connectivity index (χ0v) is 13.1. The van der Waals surface area contributed by atoms with Gasteiger partial charge in [0.25, 0.3) is 0 Å². The topological polar surface area (TPSA) is 26.0 Å². The standard InChI is InChI=1S/C14H17F4NS2/c1-2-11-13(21-6-5-20-11)12(19)8-3-4-10(15)9(7-8)14(16,17)18/h3-4,7,11-13H,2,5-6,19H2,1H3. The molecule has 1 aliphatic heterocycles. The van der Waals surface area contributed by atoms with E-state index >= 15 is 0 Å². The van der Waals surface area contributed by atoms with Crippen molar-refractivity contribution in [2.24, 2.45) is 5.73 Å². The Labute approximate surface area is 130 Å². The molecule has 1 saturated heterocycles. The second kappa shape index (κ2) is 6.79. The maximum atomic E-state index is 13.3. The lowest BCUT2D eigenvalue weighted by Crippen LogP contribution is -2.35. The third kappa shape index (κ3) is 3.87. The van der Waals surface area contributed by atoms with E-state index in [1.54, 1.807) is 11.8 Å². The quantitative estimate of drug-likeness (QED) is 0.823. The molecule has 7 heteroatoms. The Bertz CT molecular complexity index is 492. The number of thioether (sulfide) groups is 2. The summed E-state index contributed by atoms with van der Waals surface area (Å²) in [6.07, 6.45) is -3.78. The molecule has 0 aromatic heterocycles. The van der Waals surface area contributed by atoms with Crippen LogP contribution in [0.3, 0.4) is 0 Å². The van der Waals surface area contributed by atoms with Gasteiger partial charge in [-0.05, 0) is 24.1 Å². The summed E-state index contributed by atoms with van der Waals surface area (Å²) in [5.74, 6) is 0.715. The van der Waals surface area contributed by atoms with Crippen LogP contribution in [0.25, 0.3) is 0 Å². The first-order chi connectivity index (χ1) is 9.84. The number of nitrogens with two attached hydrogens (primary N) is 1. The summed E-state index contributed by atoms with van der Waals surface area (Å²) in [5, 5.41) is 0.374. The molecular weight excluding hydrogens is 322 g/mol. The van der Waals surface area contributed by atoms with Gasteiger partial charge in [-0.15, -0.1) is 0 Å². The Morgan fingerprint density at radius 1 is 1.29 bits per heavy atom. The van der Waals surface area contributed by atoms with Crippen LogP contribution < -0.4 is 5.73 Å². The van der Waals surface area contributed by atoms with Gasteiger partial charge in [-0.2, -0.15) is 36.7 Å². The zero-order valence-electron chi connectivity index (χ0n) is 11.5. The van der Waals surface area contributed by atoms with E-state index in [2.05, 4.69) is 6.92 Å². The largest absolute Gasteiger partial charge is 0.419 e. The summed E-state index contributed by atoms with van der Waals surface area (Å²) in [6.45, 7) is 2.05. The number of halogens is 4. The molecule has 0 aliphatic carbocycles. The first-order valence-corrected chi connectivity index (χ1v) is 8.79. The van der Waals surface area contributed by atoms with Gasteiger partial charge in [0.05, 0.1) is 5.56 Å². The van der Waals surface area contributed by atoms with Crippen LogP contribution in [0.15, 0.2) is 18.2 Å². The Kier molecular flexibility index (Phi) is 5.48. The molecule has 0 saturated carbocycles. The van der Waals surface area contributed by atoms with Crippen LogP contribution in [0.5, 0.6) is 0 Å². The van der Waals surface area contributed by atoms with Crippen LogP contribution in [0.4, 0.5) is 17.6 Å². The Morgan fingerprint density at radius 3 is 2.57 bits per heavy atom. The minimum absolute atomic E-state index is 0.0558. The average molecular weight is 339 g/mol. The van der Waals surface area contributed by atoms with Gasteiger partial charge in [-0.1, -0.05) is 13.0 Å². The SMILES string of the molecule is CCC1SCCSC1C(N)c1ccc(F)c(C(F)(F)F)c1. The molecule has 21 heavy (non-hydrogen) atoms. The van der Waals surface area contributed by atoms with Crippen molar-refractivity contribution in [2.45, 2.75) is 36.1 Å². The minimum Gasteiger partial charge on any atom is -0.323 e. The predicted octanol–water partition coefficient (Wildman–Crippen LogP) is 4.47. The van der Waals surface area contributed by atoms with Crippen molar-refractivity contribution in [3.63, 3.8) is 0 Å². The molecule has 2 N–H and O–H groups in total. The van der Waals surface area contributed by atoms with E-state index in [1.807, 2.05) is 11.8 Å². The average Bonchev–Trinajstić information content (AvgIpc) is 2.45. The molecule has 0 radical (unpaired) electrons. The fraction of sp³-hybridized carbons (Fsp3) is 0.571. The maximum absolute atomic E-state index is 13.3. The Balaban J connectivity index is 2.28. The van der Waals surface area contributed by atoms with E-state index in [0.29, 0.717) is 10.8 Å². The first-order valence-electron chi connectivity index (χ1n) is 6.70. The van der Waals surface area contributed by atoms with E-state index in [9.17, 15) is 17.6 Å². The Hall–Kier alpha value is -0.400. The second-order valence-electron chi connectivity index (χ2n) is 4.92. The molecule has 1 aromatic carbocycles.